The number of hydrogen-bond donors (Lipinski definition) is 1. The highest BCUT2D eigenvalue weighted by molar-refractivity contribution is 7.13. The number of hydrogen-bond acceptors (Lipinski definition) is 10. The number of amides is 1. The van der Waals surface area contributed by atoms with E-state index in [1.54, 1.807) is 17.2 Å². The van der Waals surface area contributed by atoms with Crippen molar-refractivity contribution in [2.45, 2.75) is 0 Å². The number of anilines is 2. The van der Waals surface area contributed by atoms with Gasteiger partial charge in [-0.3, -0.25) is 15.0 Å². The van der Waals surface area contributed by atoms with E-state index in [0.29, 0.717) is 22.8 Å². The molecule has 25 heavy (non-hydrogen) atoms. The maximum atomic E-state index is 12.0. The Morgan fingerprint density at radius 2 is 2.08 bits per heavy atom. The largest absolute Gasteiger partial charge is 0.352 e. The van der Waals surface area contributed by atoms with Gasteiger partial charge in [-0.25, -0.2) is 14.6 Å². The van der Waals surface area contributed by atoms with Crippen molar-refractivity contribution >= 4 is 39.4 Å². The van der Waals surface area contributed by atoms with Crippen LogP contribution in [0.25, 0.3) is 11.2 Å². The summed E-state index contributed by atoms with van der Waals surface area (Å²) >= 11 is 1.30. The molecule has 0 bridgehead atoms. The molecule has 0 aliphatic carbocycles. The lowest BCUT2D eigenvalue weighted by Gasteiger charge is -2.34. The molecule has 0 unspecified atom stereocenters. The molecule has 3 aromatic heterocycles. The molecule has 4 rings (SSSR count). The molecule has 4 heterocycles. The summed E-state index contributed by atoms with van der Waals surface area (Å²) in [5, 5.41) is 18.9. The number of aryl methyl sites for hydroxylation is 1. The molecule has 12 heteroatoms. The number of piperazine rings is 1. The lowest BCUT2D eigenvalue weighted by atomic mass is 10.3. The van der Waals surface area contributed by atoms with E-state index in [0.717, 1.165) is 32.0 Å². The minimum atomic E-state index is -0.0800. The predicted octanol–water partition coefficient (Wildman–Crippen LogP) is -0.629. The molecule has 0 atom stereocenters. The Bertz CT molecular complexity index is 870. The van der Waals surface area contributed by atoms with E-state index in [4.69, 9.17) is 0 Å². The number of carbonyl (C=O) groups is 1. The molecule has 1 saturated heterocycles. The average molecular weight is 360 g/mol. The molecule has 0 saturated carbocycles. The van der Waals surface area contributed by atoms with Crippen molar-refractivity contribution in [2.24, 2.45) is 7.05 Å². The van der Waals surface area contributed by atoms with Crippen LogP contribution in [-0.2, 0) is 11.8 Å². The molecule has 1 amide bonds. The summed E-state index contributed by atoms with van der Waals surface area (Å²) in [5.74, 6) is 0.708. The monoisotopic (exact) mass is 360 g/mol. The van der Waals surface area contributed by atoms with Crippen molar-refractivity contribution in [3.63, 3.8) is 0 Å². The van der Waals surface area contributed by atoms with Crippen molar-refractivity contribution in [1.29, 1.82) is 0 Å². The first-order valence-corrected chi connectivity index (χ1v) is 8.62. The maximum Gasteiger partial charge on any atom is 0.240 e. The highest BCUT2D eigenvalue weighted by Gasteiger charge is 2.23. The topological polar surface area (TPSA) is 118 Å². The van der Waals surface area contributed by atoms with Gasteiger partial charge in [-0.1, -0.05) is 16.6 Å². The molecule has 1 aliphatic heterocycles. The third-order valence-corrected chi connectivity index (χ3v) is 4.62. The molecule has 0 spiro atoms. The van der Waals surface area contributed by atoms with E-state index in [2.05, 4.69) is 45.6 Å². The van der Waals surface area contributed by atoms with Gasteiger partial charge in [0.25, 0.3) is 0 Å². The Balaban J connectivity index is 1.37. The Morgan fingerprint density at radius 3 is 2.84 bits per heavy atom. The number of aromatic nitrogens is 7. The van der Waals surface area contributed by atoms with Crippen LogP contribution in [0.1, 0.15) is 0 Å². The van der Waals surface area contributed by atoms with Gasteiger partial charge in [0, 0.05) is 33.2 Å². The van der Waals surface area contributed by atoms with E-state index in [9.17, 15) is 4.79 Å². The Morgan fingerprint density at radius 1 is 1.24 bits per heavy atom. The summed E-state index contributed by atoms with van der Waals surface area (Å²) in [6.45, 7) is 3.37. The van der Waals surface area contributed by atoms with Gasteiger partial charge in [0.05, 0.1) is 6.54 Å². The second-order valence-corrected chi connectivity index (χ2v) is 6.47. The lowest BCUT2D eigenvalue weighted by Crippen LogP contribution is -2.49. The average Bonchev–Trinajstić information content (AvgIpc) is 3.26. The van der Waals surface area contributed by atoms with Crippen LogP contribution in [0.3, 0.4) is 0 Å². The highest BCUT2D eigenvalue weighted by atomic mass is 32.1. The van der Waals surface area contributed by atoms with E-state index < -0.39 is 0 Å². The summed E-state index contributed by atoms with van der Waals surface area (Å²) < 4.78 is 1.63. The quantitative estimate of drug-likeness (QED) is 0.649. The van der Waals surface area contributed by atoms with Crippen LogP contribution in [0.5, 0.6) is 0 Å². The van der Waals surface area contributed by atoms with Crippen LogP contribution in [-0.4, -0.2) is 78.7 Å². The maximum absolute atomic E-state index is 12.0. The first-order chi connectivity index (χ1) is 12.2. The standard InChI is InChI=1S/C13H16N10OS/c1-21-11-10(18-20-21)12(15-7-14-11)23-4-2-22(3-5-23)6-9(24)17-13-19-16-8-25-13/h7-8H,2-6H2,1H3,(H,17,19,24). The molecular weight excluding hydrogens is 344 g/mol. The summed E-state index contributed by atoms with van der Waals surface area (Å²) in [6, 6.07) is 0. The van der Waals surface area contributed by atoms with E-state index in [-0.39, 0.29) is 5.91 Å². The second kappa shape index (κ2) is 6.64. The zero-order chi connectivity index (χ0) is 17.2. The Labute approximate surface area is 146 Å². The van der Waals surface area contributed by atoms with Gasteiger partial charge in [0.15, 0.2) is 17.0 Å². The number of rotatable bonds is 4. The minimum absolute atomic E-state index is 0.0800. The molecule has 130 valence electrons. The van der Waals surface area contributed by atoms with Crippen molar-refractivity contribution < 1.29 is 4.79 Å². The highest BCUT2D eigenvalue weighted by Crippen LogP contribution is 2.21. The summed E-state index contributed by atoms with van der Waals surface area (Å²) in [4.78, 5) is 24.9. The molecular formula is C13H16N10OS. The number of fused-ring (bicyclic) bond motifs is 1. The van der Waals surface area contributed by atoms with Crippen molar-refractivity contribution in [1.82, 2.24) is 40.1 Å². The van der Waals surface area contributed by atoms with Gasteiger partial charge in [-0.2, -0.15) is 0 Å². The molecule has 11 nitrogen and oxygen atoms in total. The van der Waals surface area contributed by atoms with Crippen molar-refractivity contribution in [3.8, 4) is 0 Å². The summed E-state index contributed by atoms with van der Waals surface area (Å²) in [5.41, 5.74) is 3.00. The second-order valence-electron chi connectivity index (χ2n) is 5.64. The van der Waals surface area contributed by atoms with Gasteiger partial charge < -0.3 is 4.90 Å². The molecule has 1 N–H and O–H groups in total. The molecule has 0 aromatic carbocycles. The van der Waals surface area contributed by atoms with E-state index >= 15 is 0 Å². The third-order valence-electron chi connectivity index (χ3n) is 4.01. The first-order valence-electron chi connectivity index (χ1n) is 7.74. The fraction of sp³-hybridized carbons (Fsp3) is 0.462. The van der Waals surface area contributed by atoms with Gasteiger partial charge in [0.2, 0.25) is 11.0 Å². The third kappa shape index (κ3) is 3.25. The van der Waals surface area contributed by atoms with Gasteiger partial charge in [-0.05, 0) is 0 Å². The number of nitrogens with one attached hydrogen (secondary N) is 1. The van der Waals surface area contributed by atoms with Crippen molar-refractivity contribution in [2.75, 3.05) is 42.9 Å². The van der Waals surface area contributed by atoms with E-state index in [1.165, 1.54) is 17.7 Å². The molecule has 3 aromatic rings. The normalized spacial score (nSPS) is 15.6. The lowest BCUT2D eigenvalue weighted by molar-refractivity contribution is -0.117. The Kier molecular flexibility index (Phi) is 4.19. The molecule has 1 aliphatic rings. The first kappa shape index (κ1) is 15.8. The molecule has 0 radical (unpaired) electrons. The number of carbonyl (C=O) groups excluding carboxylic acids is 1. The predicted molar refractivity (Wildman–Crippen MR) is 91.3 cm³/mol. The van der Waals surface area contributed by atoms with Crippen LogP contribution in [0.15, 0.2) is 11.8 Å². The Hall–Kier alpha value is -2.73. The zero-order valence-corrected chi connectivity index (χ0v) is 14.3. The fourth-order valence-electron chi connectivity index (χ4n) is 2.78. The van der Waals surface area contributed by atoms with Gasteiger partial charge in [-0.15, -0.1) is 15.3 Å². The van der Waals surface area contributed by atoms with Crippen LogP contribution in [0.4, 0.5) is 10.9 Å². The zero-order valence-electron chi connectivity index (χ0n) is 13.5. The minimum Gasteiger partial charge on any atom is -0.352 e. The SMILES string of the molecule is Cn1nnc2c(N3CCN(CC(=O)Nc4nncs4)CC3)ncnc21. The van der Waals surface area contributed by atoms with Crippen LogP contribution >= 0.6 is 11.3 Å². The fourth-order valence-corrected chi connectivity index (χ4v) is 3.24. The van der Waals surface area contributed by atoms with E-state index in [1.807, 2.05) is 0 Å². The van der Waals surface area contributed by atoms with Crippen LogP contribution in [0, 0.1) is 0 Å². The van der Waals surface area contributed by atoms with Crippen LogP contribution in [0.2, 0.25) is 0 Å². The summed E-state index contributed by atoms with van der Waals surface area (Å²) in [7, 11) is 1.81. The number of nitrogens with zero attached hydrogens (tertiary/aromatic N) is 9. The van der Waals surface area contributed by atoms with Gasteiger partial charge >= 0.3 is 0 Å². The molecule has 1 fully saturated rings. The van der Waals surface area contributed by atoms with Crippen molar-refractivity contribution in [3.05, 3.63) is 11.8 Å². The van der Waals surface area contributed by atoms with Crippen LogP contribution < -0.4 is 10.2 Å². The smallest absolute Gasteiger partial charge is 0.240 e. The summed E-state index contributed by atoms with van der Waals surface area (Å²) in [6.07, 6.45) is 1.53. The van der Waals surface area contributed by atoms with Gasteiger partial charge in [0.1, 0.15) is 11.8 Å².